The van der Waals surface area contributed by atoms with Gasteiger partial charge in [0.05, 0.1) is 32.2 Å². The van der Waals surface area contributed by atoms with Crippen LogP contribution >= 0.6 is 34.5 Å². The molecule has 2 aromatic carbocycles. The Kier molecular flexibility index (Phi) is 7.00. The van der Waals surface area contributed by atoms with Gasteiger partial charge in [-0.3, -0.25) is 18.5 Å². The molecule has 0 aliphatic heterocycles. The van der Waals surface area contributed by atoms with Gasteiger partial charge in [0, 0.05) is 12.2 Å². The van der Waals surface area contributed by atoms with Crippen LogP contribution in [0.2, 0.25) is 10.0 Å². The fourth-order valence-corrected chi connectivity index (χ4v) is 5.84. The number of amides is 1. The first-order valence-corrected chi connectivity index (χ1v) is 12.9. The number of halogens is 2. The van der Waals surface area contributed by atoms with Gasteiger partial charge in [-0.2, -0.15) is 0 Å². The highest BCUT2D eigenvalue weighted by molar-refractivity contribution is 7.92. The Morgan fingerprint density at radius 1 is 1.16 bits per heavy atom. The summed E-state index contributed by atoms with van der Waals surface area (Å²) in [5, 5.41) is 3.24. The summed E-state index contributed by atoms with van der Waals surface area (Å²) in [6.45, 7) is 4.16. The van der Waals surface area contributed by atoms with Gasteiger partial charge in [-0.15, -0.1) is 0 Å². The van der Waals surface area contributed by atoms with Crippen molar-refractivity contribution < 1.29 is 13.2 Å². The van der Waals surface area contributed by atoms with Gasteiger partial charge in [0.15, 0.2) is 0 Å². The largest absolute Gasteiger partial charge is 0.324 e. The summed E-state index contributed by atoms with van der Waals surface area (Å²) >= 11 is 13.1. The zero-order valence-electron chi connectivity index (χ0n) is 17.1. The number of carbonyl (C=O) groups excluding carboxylic acids is 1. The molecule has 0 saturated carbocycles. The van der Waals surface area contributed by atoms with Gasteiger partial charge in [0.25, 0.3) is 0 Å². The molecule has 0 radical (unpaired) electrons. The van der Waals surface area contributed by atoms with Crippen LogP contribution in [0.15, 0.2) is 41.2 Å². The van der Waals surface area contributed by atoms with Crippen molar-refractivity contribution in [3.05, 3.63) is 56.1 Å². The van der Waals surface area contributed by atoms with Crippen molar-refractivity contribution in [3.8, 4) is 0 Å². The monoisotopic (exact) mass is 501 g/mol. The smallest absolute Gasteiger partial charge is 0.308 e. The van der Waals surface area contributed by atoms with Crippen molar-refractivity contribution in [2.45, 2.75) is 32.9 Å². The lowest BCUT2D eigenvalue weighted by Gasteiger charge is -2.30. The Balaban J connectivity index is 1.95. The van der Waals surface area contributed by atoms with Gasteiger partial charge in [0.1, 0.15) is 6.04 Å². The highest BCUT2D eigenvalue weighted by atomic mass is 35.5. The van der Waals surface area contributed by atoms with E-state index in [0.717, 1.165) is 32.1 Å². The van der Waals surface area contributed by atoms with E-state index in [1.54, 1.807) is 29.7 Å². The summed E-state index contributed by atoms with van der Waals surface area (Å²) in [4.78, 5) is 25.1. The number of hydrogen-bond donors (Lipinski definition) is 1. The van der Waals surface area contributed by atoms with Crippen LogP contribution in [0.5, 0.6) is 0 Å². The van der Waals surface area contributed by atoms with Gasteiger partial charge in [0.2, 0.25) is 15.9 Å². The Morgan fingerprint density at radius 2 is 1.87 bits per heavy atom. The number of aryl methyl sites for hydroxylation is 1. The second-order valence-electron chi connectivity index (χ2n) is 6.87. The normalized spacial score (nSPS) is 12.7. The van der Waals surface area contributed by atoms with Gasteiger partial charge < -0.3 is 5.32 Å². The Labute approximate surface area is 194 Å². The average Bonchev–Trinajstić information content (AvgIpc) is 3.01. The average molecular weight is 502 g/mol. The molecule has 0 saturated heterocycles. The third-order valence-electron chi connectivity index (χ3n) is 4.74. The minimum Gasteiger partial charge on any atom is -0.324 e. The fourth-order valence-electron chi connectivity index (χ4n) is 3.35. The Bertz CT molecular complexity index is 1300. The molecule has 0 aliphatic rings. The molecule has 3 rings (SSSR count). The Morgan fingerprint density at radius 3 is 2.45 bits per heavy atom. The zero-order chi connectivity index (χ0) is 22.9. The number of carbonyl (C=O) groups is 1. The zero-order valence-corrected chi connectivity index (χ0v) is 20.2. The van der Waals surface area contributed by atoms with Crippen LogP contribution in [0.1, 0.15) is 20.3 Å². The predicted octanol–water partition coefficient (Wildman–Crippen LogP) is 4.57. The van der Waals surface area contributed by atoms with Crippen LogP contribution in [0, 0.1) is 0 Å². The van der Waals surface area contributed by atoms with Gasteiger partial charge >= 0.3 is 4.87 Å². The summed E-state index contributed by atoms with van der Waals surface area (Å²) in [5.41, 5.74) is 1.51. The number of nitrogens with one attached hydrogen (secondary N) is 1. The topological polar surface area (TPSA) is 88.5 Å². The fraction of sp³-hybridized carbons (Fsp3) is 0.300. The molecule has 1 aromatic heterocycles. The molecule has 31 heavy (non-hydrogen) atoms. The molecule has 3 aromatic rings. The lowest BCUT2D eigenvalue weighted by Crippen LogP contribution is -2.47. The standard InChI is InChI=1S/C20H21Cl2N3O4S2/c1-4-16(25(31(3,28)29)13-7-8-14(21)15(22)11-13)19(26)23-12-6-9-17-18(10-12)30-20(27)24(17)5-2/h6-11,16H,4-5H2,1-3H3,(H,23,26)/t16-/m0/s1. The molecule has 166 valence electrons. The lowest BCUT2D eigenvalue weighted by atomic mass is 10.1. The van der Waals surface area contributed by atoms with E-state index in [9.17, 15) is 18.0 Å². The molecule has 1 amide bonds. The minimum absolute atomic E-state index is 0.0738. The molecule has 0 bridgehead atoms. The van der Waals surface area contributed by atoms with Gasteiger partial charge in [-0.1, -0.05) is 41.5 Å². The molecule has 7 nitrogen and oxygen atoms in total. The van der Waals surface area contributed by atoms with Crippen LogP contribution in [0.3, 0.4) is 0 Å². The molecule has 0 fully saturated rings. The summed E-state index contributed by atoms with van der Waals surface area (Å²) in [6, 6.07) is 8.55. The molecule has 1 N–H and O–H groups in total. The third kappa shape index (κ3) is 4.90. The Hall–Kier alpha value is -2.07. The van der Waals surface area contributed by atoms with Crippen molar-refractivity contribution in [3.63, 3.8) is 0 Å². The first kappa shape index (κ1) is 23.6. The highest BCUT2D eigenvalue weighted by Crippen LogP contribution is 2.31. The first-order valence-electron chi connectivity index (χ1n) is 9.45. The van der Waals surface area contributed by atoms with Crippen molar-refractivity contribution in [1.29, 1.82) is 0 Å². The van der Waals surface area contributed by atoms with Crippen molar-refractivity contribution >= 4 is 72.1 Å². The molecule has 0 spiro atoms. The minimum atomic E-state index is -3.81. The number of fused-ring (bicyclic) bond motifs is 1. The predicted molar refractivity (Wildman–Crippen MR) is 128 cm³/mol. The maximum atomic E-state index is 13.1. The van der Waals surface area contributed by atoms with E-state index < -0.39 is 22.0 Å². The number of thiazole rings is 1. The van der Waals surface area contributed by atoms with Crippen molar-refractivity contribution in [1.82, 2.24) is 4.57 Å². The van der Waals surface area contributed by atoms with E-state index in [0.29, 0.717) is 12.2 Å². The summed E-state index contributed by atoms with van der Waals surface area (Å²) in [6.07, 6.45) is 1.25. The molecule has 0 aliphatic carbocycles. The second kappa shape index (κ2) is 9.20. The van der Waals surface area contributed by atoms with Crippen LogP contribution in [0.4, 0.5) is 11.4 Å². The quantitative estimate of drug-likeness (QED) is 0.513. The van der Waals surface area contributed by atoms with E-state index >= 15 is 0 Å². The maximum Gasteiger partial charge on any atom is 0.308 e. The van der Waals surface area contributed by atoms with Crippen LogP contribution in [0.25, 0.3) is 10.2 Å². The number of sulfonamides is 1. The van der Waals surface area contributed by atoms with E-state index in [1.807, 2.05) is 6.92 Å². The summed E-state index contributed by atoms with van der Waals surface area (Å²) < 4.78 is 28.6. The SMILES string of the molecule is CC[C@@H](C(=O)Nc1ccc2c(c1)sc(=O)n2CC)N(c1ccc(Cl)c(Cl)c1)S(C)(=O)=O. The number of nitrogens with zero attached hydrogens (tertiary/aromatic N) is 2. The van der Waals surface area contributed by atoms with Crippen LogP contribution < -0.4 is 14.5 Å². The first-order chi connectivity index (χ1) is 14.6. The number of hydrogen-bond acceptors (Lipinski definition) is 5. The third-order valence-corrected chi connectivity index (χ3v) is 7.60. The van der Waals surface area contributed by atoms with E-state index in [4.69, 9.17) is 23.2 Å². The van der Waals surface area contributed by atoms with E-state index in [1.165, 1.54) is 18.2 Å². The molecular weight excluding hydrogens is 481 g/mol. The summed E-state index contributed by atoms with van der Waals surface area (Å²) in [5.74, 6) is -0.499. The highest BCUT2D eigenvalue weighted by Gasteiger charge is 2.32. The molecular formula is C20H21Cl2N3O4S2. The lowest BCUT2D eigenvalue weighted by molar-refractivity contribution is -0.117. The van der Waals surface area contributed by atoms with E-state index in [2.05, 4.69) is 5.32 Å². The number of benzene rings is 2. The maximum absolute atomic E-state index is 13.1. The molecule has 0 unspecified atom stereocenters. The van der Waals surface area contributed by atoms with Crippen LogP contribution in [-0.2, 0) is 21.4 Å². The summed E-state index contributed by atoms with van der Waals surface area (Å²) in [7, 11) is -3.81. The van der Waals surface area contributed by atoms with Gasteiger partial charge in [-0.05, 0) is 49.7 Å². The van der Waals surface area contributed by atoms with Gasteiger partial charge in [-0.25, -0.2) is 8.42 Å². The number of rotatable bonds is 7. The number of anilines is 2. The van der Waals surface area contributed by atoms with Crippen molar-refractivity contribution in [2.24, 2.45) is 0 Å². The molecule has 11 heteroatoms. The second-order valence-corrected chi connectivity index (χ2v) is 10.5. The van der Waals surface area contributed by atoms with Crippen LogP contribution in [-0.4, -0.2) is 31.2 Å². The molecule has 1 atom stereocenters. The molecule has 1 heterocycles. The van der Waals surface area contributed by atoms with E-state index in [-0.39, 0.29) is 27.0 Å². The number of aromatic nitrogens is 1. The van der Waals surface area contributed by atoms with Crippen molar-refractivity contribution in [2.75, 3.05) is 15.9 Å².